The highest BCUT2D eigenvalue weighted by Gasteiger charge is 2.31. The minimum Gasteiger partial charge on any atom is -0.406 e. The van der Waals surface area contributed by atoms with Crippen LogP contribution in [0.3, 0.4) is 0 Å². The first-order chi connectivity index (χ1) is 11.8. The second-order valence-electron chi connectivity index (χ2n) is 4.59. The third kappa shape index (κ3) is 5.31. The highest BCUT2D eigenvalue weighted by molar-refractivity contribution is 6.51. The van der Waals surface area contributed by atoms with Crippen LogP contribution in [0, 0.1) is 17.1 Å². The number of carbonyl (C=O) groups excluding carboxylic acids is 1. The number of hydrogen-bond donors (Lipinski definition) is 1. The average molecular weight is 351 g/mol. The molecule has 0 heterocycles. The van der Waals surface area contributed by atoms with Crippen molar-refractivity contribution in [2.24, 2.45) is 5.10 Å². The van der Waals surface area contributed by atoms with Crippen molar-refractivity contribution < 1.29 is 27.1 Å². The predicted octanol–water partition coefficient (Wildman–Crippen LogP) is 3.90. The molecule has 0 saturated carbocycles. The first kappa shape index (κ1) is 17.9. The van der Waals surface area contributed by atoms with E-state index < -0.39 is 29.4 Å². The van der Waals surface area contributed by atoms with Crippen molar-refractivity contribution in [1.82, 2.24) is 0 Å². The van der Waals surface area contributed by atoms with Gasteiger partial charge in [-0.05, 0) is 48.5 Å². The van der Waals surface area contributed by atoms with Crippen molar-refractivity contribution in [2.45, 2.75) is 6.36 Å². The van der Waals surface area contributed by atoms with Gasteiger partial charge in [0.05, 0.1) is 5.69 Å². The molecule has 2 aromatic rings. The second kappa shape index (κ2) is 7.44. The van der Waals surface area contributed by atoms with Crippen LogP contribution in [-0.4, -0.2) is 17.9 Å². The molecule has 0 aliphatic heterocycles. The zero-order valence-electron chi connectivity index (χ0n) is 12.3. The van der Waals surface area contributed by atoms with Crippen molar-refractivity contribution in [3.63, 3.8) is 0 Å². The lowest BCUT2D eigenvalue weighted by molar-refractivity contribution is -0.274. The quantitative estimate of drug-likeness (QED) is 0.384. The topological polar surface area (TPSA) is 74.5 Å². The third-order valence-corrected chi connectivity index (χ3v) is 2.81. The standard InChI is InChI=1S/C16H9F4N3O2/c17-11-3-5-12(6-4-11)22-23-14(9-21)15(24)10-1-7-13(8-2-10)25-16(18,19)20/h1-8,22H/b23-14-. The molecular weight excluding hydrogens is 342 g/mol. The molecule has 0 aromatic heterocycles. The van der Waals surface area contributed by atoms with E-state index in [1.54, 1.807) is 6.07 Å². The van der Waals surface area contributed by atoms with E-state index in [0.717, 1.165) is 36.4 Å². The number of hydrogen-bond acceptors (Lipinski definition) is 5. The number of nitrogens with zero attached hydrogens (tertiary/aromatic N) is 2. The number of hydrazone groups is 1. The Bertz CT molecular complexity index is 822. The summed E-state index contributed by atoms with van der Waals surface area (Å²) in [4.78, 5) is 12.1. The molecule has 0 saturated heterocycles. The molecule has 0 fully saturated rings. The number of ether oxygens (including phenoxy) is 1. The number of ketones is 1. The Morgan fingerprint density at radius 2 is 1.68 bits per heavy atom. The van der Waals surface area contributed by atoms with Gasteiger partial charge in [-0.3, -0.25) is 10.2 Å². The Labute approximate surface area is 139 Å². The van der Waals surface area contributed by atoms with Gasteiger partial charge in [0.2, 0.25) is 11.5 Å². The highest BCUT2D eigenvalue weighted by Crippen LogP contribution is 2.23. The average Bonchev–Trinajstić information content (AvgIpc) is 2.56. The van der Waals surface area contributed by atoms with E-state index in [2.05, 4.69) is 15.3 Å². The summed E-state index contributed by atoms with van der Waals surface area (Å²) in [5.41, 5.74) is 2.20. The maximum Gasteiger partial charge on any atom is 0.573 e. The smallest absolute Gasteiger partial charge is 0.406 e. The van der Waals surface area contributed by atoms with Crippen LogP contribution in [0.2, 0.25) is 0 Å². The maximum atomic E-state index is 12.8. The van der Waals surface area contributed by atoms with Gasteiger partial charge in [0.1, 0.15) is 17.6 Å². The molecule has 2 aromatic carbocycles. The molecule has 25 heavy (non-hydrogen) atoms. The summed E-state index contributed by atoms with van der Waals surface area (Å²) >= 11 is 0. The van der Waals surface area contributed by atoms with Gasteiger partial charge in [-0.15, -0.1) is 13.2 Å². The van der Waals surface area contributed by atoms with Crippen molar-refractivity contribution in [1.29, 1.82) is 5.26 Å². The summed E-state index contributed by atoms with van der Waals surface area (Å²) in [6.45, 7) is 0. The van der Waals surface area contributed by atoms with Crippen molar-refractivity contribution in [3.05, 3.63) is 59.9 Å². The van der Waals surface area contributed by atoms with E-state index >= 15 is 0 Å². The summed E-state index contributed by atoms with van der Waals surface area (Å²) in [6, 6.07) is 10.7. The fourth-order valence-electron chi connectivity index (χ4n) is 1.72. The Morgan fingerprint density at radius 1 is 1.08 bits per heavy atom. The van der Waals surface area contributed by atoms with Gasteiger partial charge in [-0.1, -0.05) is 0 Å². The number of Topliss-reactive ketones (excluding diaryl/α,β-unsaturated/α-hetero) is 1. The van der Waals surface area contributed by atoms with Crippen LogP contribution in [0.1, 0.15) is 10.4 Å². The molecule has 0 radical (unpaired) electrons. The summed E-state index contributed by atoms with van der Waals surface area (Å²) in [6.07, 6.45) is -4.84. The number of carbonyl (C=O) groups is 1. The third-order valence-electron chi connectivity index (χ3n) is 2.81. The summed E-state index contributed by atoms with van der Waals surface area (Å²) in [5.74, 6) is -1.76. The van der Waals surface area contributed by atoms with Gasteiger partial charge in [0.25, 0.3) is 0 Å². The normalized spacial score (nSPS) is 11.6. The monoisotopic (exact) mass is 351 g/mol. The van der Waals surface area contributed by atoms with Gasteiger partial charge < -0.3 is 4.74 Å². The zero-order valence-corrected chi connectivity index (χ0v) is 12.3. The lowest BCUT2D eigenvalue weighted by atomic mass is 10.1. The van der Waals surface area contributed by atoms with Crippen LogP contribution in [-0.2, 0) is 0 Å². The molecule has 9 heteroatoms. The second-order valence-corrected chi connectivity index (χ2v) is 4.59. The fraction of sp³-hybridized carbons (Fsp3) is 0.0625. The molecule has 0 amide bonds. The number of nitriles is 1. The lowest BCUT2D eigenvalue weighted by Crippen LogP contribution is -2.17. The molecule has 0 bridgehead atoms. The number of alkyl halides is 3. The number of anilines is 1. The van der Waals surface area contributed by atoms with E-state index in [9.17, 15) is 22.4 Å². The highest BCUT2D eigenvalue weighted by atomic mass is 19.4. The maximum absolute atomic E-state index is 12.8. The molecule has 0 spiro atoms. The van der Waals surface area contributed by atoms with Crippen molar-refractivity contribution >= 4 is 17.2 Å². The zero-order chi connectivity index (χ0) is 18.4. The molecule has 0 unspecified atom stereocenters. The first-order valence-electron chi connectivity index (χ1n) is 6.68. The van der Waals surface area contributed by atoms with E-state index in [4.69, 9.17) is 5.26 Å². The molecule has 5 nitrogen and oxygen atoms in total. The van der Waals surface area contributed by atoms with Crippen LogP contribution >= 0.6 is 0 Å². The number of halogens is 4. The van der Waals surface area contributed by atoms with E-state index in [1.807, 2.05) is 0 Å². The first-order valence-corrected chi connectivity index (χ1v) is 6.68. The van der Waals surface area contributed by atoms with E-state index in [0.29, 0.717) is 5.69 Å². The van der Waals surface area contributed by atoms with Crippen molar-refractivity contribution in [2.75, 3.05) is 5.43 Å². The minimum absolute atomic E-state index is 0.0456. The molecular formula is C16H9F4N3O2. The summed E-state index contributed by atoms with van der Waals surface area (Å²) < 4.78 is 52.7. The Kier molecular flexibility index (Phi) is 5.34. The molecule has 1 N–H and O–H groups in total. The summed E-state index contributed by atoms with van der Waals surface area (Å²) in [7, 11) is 0. The molecule has 0 aliphatic carbocycles. The van der Waals surface area contributed by atoms with Crippen LogP contribution < -0.4 is 10.2 Å². The van der Waals surface area contributed by atoms with Crippen LogP contribution in [0.4, 0.5) is 23.2 Å². The van der Waals surface area contributed by atoms with E-state index in [-0.39, 0.29) is 5.56 Å². The Balaban J connectivity index is 2.12. The van der Waals surface area contributed by atoms with Gasteiger partial charge in [0.15, 0.2) is 0 Å². The largest absolute Gasteiger partial charge is 0.573 e. The van der Waals surface area contributed by atoms with Crippen LogP contribution in [0.25, 0.3) is 0 Å². The predicted molar refractivity (Wildman–Crippen MR) is 80.5 cm³/mol. The lowest BCUT2D eigenvalue weighted by Gasteiger charge is -2.08. The number of nitrogens with one attached hydrogen (secondary N) is 1. The van der Waals surface area contributed by atoms with Crippen LogP contribution in [0.5, 0.6) is 5.75 Å². The fourth-order valence-corrected chi connectivity index (χ4v) is 1.72. The van der Waals surface area contributed by atoms with Crippen LogP contribution in [0.15, 0.2) is 53.6 Å². The Hall–Kier alpha value is -3.41. The Morgan fingerprint density at radius 3 is 2.20 bits per heavy atom. The number of benzene rings is 2. The molecule has 2 rings (SSSR count). The van der Waals surface area contributed by atoms with E-state index in [1.165, 1.54) is 12.1 Å². The van der Waals surface area contributed by atoms with Gasteiger partial charge >= 0.3 is 6.36 Å². The number of rotatable bonds is 5. The summed E-state index contributed by atoms with van der Waals surface area (Å²) in [5, 5.41) is 12.6. The minimum atomic E-state index is -4.84. The molecule has 0 aliphatic rings. The molecule has 0 atom stereocenters. The van der Waals surface area contributed by atoms with Gasteiger partial charge in [-0.25, -0.2) is 4.39 Å². The van der Waals surface area contributed by atoms with Crippen molar-refractivity contribution in [3.8, 4) is 11.8 Å². The van der Waals surface area contributed by atoms with Gasteiger partial charge in [0, 0.05) is 5.56 Å². The van der Waals surface area contributed by atoms with Gasteiger partial charge in [-0.2, -0.15) is 10.4 Å². The SMILES string of the molecule is N#C/C(=N/Nc1ccc(F)cc1)C(=O)c1ccc(OC(F)(F)F)cc1. The molecule has 128 valence electrons.